The van der Waals surface area contributed by atoms with Crippen molar-refractivity contribution in [2.75, 3.05) is 11.4 Å². The van der Waals surface area contributed by atoms with Crippen molar-refractivity contribution in [1.82, 2.24) is 15.5 Å². The molecule has 28 heavy (non-hydrogen) atoms. The molecular formula is C21H28N4O3. The molecule has 0 fully saturated rings. The zero-order valence-corrected chi connectivity index (χ0v) is 17.4. The van der Waals surface area contributed by atoms with Crippen LogP contribution >= 0.6 is 0 Å². The van der Waals surface area contributed by atoms with Crippen LogP contribution in [0.15, 0.2) is 22.7 Å². The maximum atomic E-state index is 12.8. The second-order valence-corrected chi connectivity index (χ2v) is 8.74. The Morgan fingerprint density at radius 2 is 1.93 bits per heavy atom. The summed E-state index contributed by atoms with van der Waals surface area (Å²) in [6.45, 7) is 12.2. The number of nitrogens with one attached hydrogen (secondary N) is 1. The number of fused-ring (bicyclic) bond motifs is 1. The van der Waals surface area contributed by atoms with Gasteiger partial charge in [0.25, 0.3) is 5.91 Å². The van der Waals surface area contributed by atoms with Gasteiger partial charge in [-0.05, 0) is 44.0 Å². The van der Waals surface area contributed by atoms with Gasteiger partial charge in [0.15, 0.2) is 5.82 Å². The van der Waals surface area contributed by atoms with Crippen LogP contribution < -0.4 is 10.2 Å². The molecule has 2 aromatic rings. The molecule has 1 aliphatic heterocycles. The predicted molar refractivity (Wildman–Crippen MR) is 106 cm³/mol. The van der Waals surface area contributed by atoms with Crippen molar-refractivity contribution in [1.29, 1.82) is 0 Å². The fourth-order valence-electron chi connectivity index (χ4n) is 3.19. The minimum absolute atomic E-state index is 0.101. The highest BCUT2D eigenvalue weighted by molar-refractivity contribution is 5.98. The second kappa shape index (κ2) is 7.04. The molecule has 0 saturated heterocycles. The number of benzene rings is 1. The number of hydrogen-bond acceptors (Lipinski definition) is 5. The Morgan fingerprint density at radius 1 is 1.21 bits per heavy atom. The van der Waals surface area contributed by atoms with E-state index in [1.54, 1.807) is 11.0 Å². The minimum atomic E-state index is -0.784. The molecule has 2 amide bonds. The second-order valence-electron chi connectivity index (χ2n) is 8.74. The normalized spacial score (nSPS) is 14.1. The largest absolute Gasteiger partial charge is 0.340 e. The molecule has 1 aromatic heterocycles. The first-order chi connectivity index (χ1) is 13.0. The summed E-state index contributed by atoms with van der Waals surface area (Å²) in [6, 6.07) is 5.46. The van der Waals surface area contributed by atoms with Crippen molar-refractivity contribution < 1.29 is 14.1 Å². The van der Waals surface area contributed by atoms with Crippen LogP contribution in [0, 0.1) is 0 Å². The highest BCUT2D eigenvalue weighted by Crippen LogP contribution is 2.30. The highest BCUT2D eigenvalue weighted by Gasteiger charge is 2.32. The molecular weight excluding hydrogens is 356 g/mol. The maximum Gasteiger partial charge on any atom is 0.252 e. The number of carbonyl (C=O) groups is 2. The Morgan fingerprint density at radius 3 is 2.54 bits per heavy atom. The molecule has 7 nitrogen and oxygen atoms in total. The Balaban J connectivity index is 1.78. The van der Waals surface area contributed by atoms with Gasteiger partial charge in [0.2, 0.25) is 11.8 Å². The van der Waals surface area contributed by atoms with Gasteiger partial charge in [0.1, 0.15) is 0 Å². The molecule has 0 radical (unpaired) electrons. The van der Waals surface area contributed by atoms with E-state index in [4.69, 9.17) is 4.52 Å². The van der Waals surface area contributed by atoms with Crippen molar-refractivity contribution >= 4 is 17.5 Å². The van der Waals surface area contributed by atoms with Gasteiger partial charge in [-0.25, -0.2) is 0 Å². The zero-order chi connectivity index (χ0) is 20.7. The summed E-state index contributed by atoms with van der Waals surface area (Å²) in [5.74, 6) is 0.855. The van der Waals surface area contributed by atoms with Gasteiger partial charge in [-0.15, -0.1) is 0 Å². The Bertz CT molecular complexity index is 909. The van der Waals surface area contributed by atoms with Gasteiger partial charge in [0, 0.05) is 29.6 Å². The topological polar surface area (TPSA) is 88.3 Å². The molecule has 0 aliphatic carbocycles. The van der Waals surface area contributed by atoms with Crippen LogP contribution in [0.2, 0.25) is 0 Å². The SMILES string of the molecule is CCC(=O)N1CCc2cc(C(=O)NC(C)(C)c3noc(C(C)(C)C)n3)ccc21. The number of hydrogen-bond donors (Lipinski definition) is 1. The van der Waals surface area contributed by atoms with E-state index >= 15 is 0 Å². The van der Waals surface area contributed by atoms with E-state index < -0.39 is 5.54 Å². The number of anilines is 1. The average molecular weight is 384 g/mol. The molecule has 0 unspecified atom stereocenters. The molecule has 0 saturated carbocycles. The van der Waals surface area contributed by atoms with Crippen molar-refractivity contribution in [3.63, 3.8) is 0 Å². The van der Waals surface area contributed by atoms with Gasteiger partial charge < -0.3 is 14.7 Å². The molecule has 0 bridgehead atoms. The standard InChI is InChI=1S/C21H28N4O3/c1-7-16(26)25-11-10-13-12-14(8-9-15(13)25)17(27)23-21(5,6)18-22-19(28-24-18)20(2,3)4/h8-9,12H,7,10-11H2,1-6H3,(H,23,27). The van der Waals surface area contributed by atoms with E-state index in [1.807, 2.05) is 53.7 Å². The summed E-state index contributed by atoms with van der Waals surface area (Å²) >= 11 is 0. The first-order valence-electron chi connectivity index (χ1n) is 9.63. The monoisotopic (exact) mass is 384 g/mol. The lowest BCUT2D eigenvalue weighted by molar-refractivity contribution is -0.118. The third-order valence-corrected chi connectivity index (χ3v) is 4.89. The summed E-state index contributed by atoms with van der Waals surface area (Å²) in [5, 5.41) is 7.04. The highest BCUT2D eigenvalue weighted by atomic mass is 16.5. The molecule has 1 N–H and O–H groups in total. The van der Waals surface area contributed by atoms with Gasteiger partial charge in [0.05, 0.1) is 5.54 Å². The first-order valence-corrected chi connectivity index (χ1v) is 9.63. The number of rotatable bonds is 4. The molecule has 3 rings (SSSR count). The summed E-state index contributed by atoms with van der Waals surface area (Å²) in [6.07, 6.45) is 1.22. The smallest absolute Gasteiger partial charge is 0.252 e. The molecule has 1 aromatic carbocycles. The molecule has 150 valence electrons. The predicted octanol–water partition coefficient (Wildman–Crippen LogP) is 3.33. The quantitative estimate of drug-likeness (QED) is 0.873. The Labute approximate surface area is 165 Å². The molecule has 1 aliphatic rings. The summed E-state index contributed by atoms with van der Waals surface area (Å²) < 4.78 is 5.36. The summed E-state index contributed by atoms with van der Waals surface area (Å²) in [7, 11) is 0. The van der Waals surface area contributed by atoms with Crippen LogP contribution in [-0.4, -0.2) is 28.5 Å². The maximum absolute atomic E-state index is 12.8. The van der Waals surface area contributed by atoms with Gasteiger partial charge in [-0.2, -0.15) is 4.98 Å². The fraction of sp³-hybridized carbons (Fsp3) is 0.524. The van der Waals surface area contributed by atoms with Crippen LogP contribution in [-0.2, 0) is 22.2 Å². The number of aromatic nitrogens is 2. The van der Waals surface area contributed by atoms with Gasteiger partial charge >= 0.3 is 0 Å². The van der Waals surface area contributed by atoms with E-state index in [0.717, 1.165) is 17.7 Å². The lowest BCUT2D eigenvalue weighted by Gasteiger charge is -2.23. The van der Waals surface area contributed by atoms with Crippen molar-refractivity contribution in [3.8, 4) is 0 Å². The Kier molecular flexibility index (Phi) is 5.04. The van der Waals surface area contributed by atoms with Crippen LogP contribution in [0.1, 0.15) is 75.6 Å². The molecule has 0 spiro atoms. The van der Waals surface area contributed by atoms with E-state index in [-0.39, 0.29) is 17.2 Å². The van der Waals surface area contributed by atoms with E-state index in [9.17, 15) is 9.59 Å². The van der Waals surface area contributed by atoms with E-state index in [1.165, 1.54) is 0 Å². The number of nitrogens with zero attached hydrogens (tertiary/aromatic N) is 3. The van der Waals surface area contributed by atoms with Crippen LogP contribution in [0.5, 0.6) is 0 Å². The number of carbonyl (C=O) groups excluding carboxylic acids is 2. The average Bonchev–Trinajstić information content (AvgIpc) is 3.27. The summed E-state index contributed by atoms with van der Waals surface area (Å²) in [4.78, 5) is 31.1. The lowest BCUT2D eigenvalue weighted by atomic mass is 9.96. The zero-order valence-electron chi connectivity index (χ0n) is 17.4. The summed E-state index contributed by atoms with van der Waals surface area (Å²) in [5.41, 5.74) is 1.43. The van der Waals surface area contributed by atoms with Crippen molar-refractivity contribution in [2.24, 2.45) is 0 Å². The van der Waals surface area contributed by atoms with Crippen molar-refractivity contribution in [2.45, 2.75) is 65.3 Å². The third-order valence-electron chi connectivity index (χ3n) is 4.89. The van der Waals surface area contributed by atoms with E-state index in [2.05, 4.69) is 15.5 Å². The minimum Gasteiger partial charge on any atom is -0.340 e. The van der Waals surface area contributed by atoms with Crippen LogP contribution in [0.25, 0.3) is 0 Å². The van der Waals surface area contributed by atoms with Crippen LogP contribution in [0.4, 0.5) is 5.69 Å². The van der Waals surface area contributed by atoms with Crippen LogP contribution in [0.3, 0.4) is 0 Å². The number of amides is 2. The fourth-order valence-corrected chi connectivity index (χ4v) is 3.19. The molecule has 7 heteroatoms. The molecule has 2 heterocycles. The molecule has 0 atom stereocenters. The van der Waals surface area contributed by atoms with Gasteiger partial charge in [-0.1, -0.05) is 32.9 Å². The van der Waals surface area contributed by atoms with Crippen molar-refractivity contribution in [3.05, 3.63) is 41.0 Å². The lowest BCUT2D eigenvalue weighted by Crippen LogP contribution is -2.42. The van der Waals surface area contributed by atoms with E-state index in [0.29, 0.717) is 30.2 Å². The first kappa shape index (κ1) is 20.0. The van der Waals surface area contributed by atoms with Gasteiger partial charge in [-0.3, -0.25) is 9.59 Å². The Hall–Kier alpha value is -2.70. The third kappa shape index (κ3) is 3.79.